The molecular weight excluding hydrogens is 398 g/mol. The van der Waals surface area contributed by atoms with Gasteiger partial charge >= 0.3 is 0 Å². The Kier molecular flexibility index (Phi) is 7.88. The third-order valence-electron chi connectivity index (χ3n) is 5.63. The van der Waals surface area contributed by atoms with Crippen molar-refractivity contribution in [2.45, 2.75) is 33.1 Å². The molecule has 30 heavy (non-hydrogen) atoms. The van der Waals surface area contributed by atoms with Gasteiger partial charge in [0, 0.05) is 43.3 Å². The van der Waals surface area contributed by atoms with Crippen LogP contribution in [0, 0.1) is 6.92 Å². The fourth-order valence-corrected chi connectivity index (χ4v) is 3.90. The monoisotopic (exact) mass is 427 g/mol. The Bertz CT molecular complexity index is 892. The minimum absolute atomic E-state index is 0.00748. The summed E-state index contributed by atoms with van der Waals surface area (Å²) in [6, 6.07) is 13.9. The highest BCUT2D eigenvalue weighted by molar-refractivity contribution is 6.31. The minimum atomic E-state index is -0.00748. The summed E-state index contributed by atoms with van der Waals surface area (Å²) >= 11 is 6.17. The molecule has 0 aliphatic carbocycles. The topological polar surface area (TPSA) is 52.7 Å². The van der Waals surface area contributed by atoms with Crippen molar-refractivity contribution in [3.8, 4) is 0 Å². The average molecular weight is 428 g/mol. The Morgan fingerprint density at radius 2 is 1.80 bits per heavy atom. The second-order valence-electron chi connectivity index (χ2n) is 7.80. The van der Waals surface area contributed by atoms with Crippen LogP contribution in [0.15, 0.2) is 42.5 Å². The second-order valence-corrected chi connectivity index (χ2v) is 8.21. The molecule has 3 rings (SSSR count). The van der Waals surface area contributed by atoms with Crippen molar-refractivity contribution >= 4 is 29.1 Å². The molecule has 160 valence electrons. The lowest BCUT2D eigenvalue weighted by Gasteiger charge is -2.34. The highest BCUT2D eigenvalue weighted by Crippen LogP contribution is 2.18. The average Bonchev–Trinajstić information content (AvgIpc) is 2.75. The molecule has 5 nitrogen and oxygen atoms in total. The number of aryl methyl sites for hydroxylation is 3. The number of piperazine rings is 1. The molecule has 0 saturated carbocycles. The van der Waals surface area contributed by atoms with E-state index >= 15 is 0 Å². The first kappa shape index (κ1) is 22.3. The summed E-state index contributed by atoms with van der Waals surface area (Å²) < 4.78 is 0. The van der Waals surface area contributed by atoms with E-state index in [9.17, 15) is 9.59 Å². The summed E-state index contributed by atoms with van der Waals surface area (Å²) in [5, 5.41) is 3.76. The van der Waals surface area contributed by atoms with Crippen LogP contribution in [0.3, 0.4) is 0 Å². The van der Waals surface area contributed by atoms with Crippen LogP contribution in [-0.4, -0.2) is 54.3 Å². The largest absolute Gasteiger partial charge is 0.340 e. The van der Waals surface area contributed by atoms with Crippen LogP contribution in [0.4, 0.5) is 5.69 Å². The van der Waals surface area contributed by atoms with Gasteiger partial charge < -0.3 is 10.2 Å². The Labute approximate surface area is 184 Å². The maximum Gasteiger partial charge on any atom is 0.238 e. The van der Waals surface area contributed by atoms with Crippen molar-refractivity contribution in [1.29, 1.82) is 0 Å². The molecule has 2 amide bonds. The van der Waals surface area contributed by atoms with Crippen LogP contribution in [0.2, 0.25) is 5.02 Å². The number of carbonyl (C=O) groups is 2. The zero-order chi connectivity index (χ0) is 21.5. The number of anilines is 1. The van der Waals surface area contributed by atoms with Gasteiger partial charge in [0.15, 0.2) is 0 Å². The number of nitrogens with zero attached hydrogens (tertiary/aromatic N) is 2. The fraction of sp³-hybridized carbons (Fsp3) is 0.417. The summed E-state index contributed by atoms with van der Waals surface area (Å²) in [5.74, 6) is 0.152. The Morgan fingerprint density at radius 1 is 1.07 bits per heavy atom. The Hall–Kier alpha value is -2.37. The second kappa shape index (κ2) is 10.6. The molecule has 1 aliphatic heterocycles. The first-order chi connectivity index (χ1) is 14.5. The third-order valence-corrected chi connectivity index (χ3v) is 6.04. The number of benzene rings is 2. The van der Waals surface area contributed by atoms with Gasteiger partial charge in [0.1, 0.15) is 0 Å². The highest BCUT2D eigenvalue weighted by Gasteiger charge is 2.22. The van der Waals surface area contributed by atoms with Crippen molar-refractivity contribution in [3.05, 3.63) is 64.2 Å². The first-order valence-electron chi connectivity index (χ1n) is 10.6. The zero-order valence-corrected chi connectivity index (χ0v) is 18.5. The molecule has 2 aromatic carbocycles. The third kappa shape index (κ3) is 6.07. The molecule has 0 bridgehead atoms. The van der Waals surface area contributed by atoms with E-state index in [2.05, 4.69) is 17.1 Å². The molecule has 0 atom stereocenters. The summed E-state index contributed by atoms with van der Waals surface area (Å²) in [6.45, 7) is 7.14. The molecular formula is C24H30ClN3O2. The van der Waals surface area contributed by atoms with Crippen molar-refractivity contribution < 1.29 is 9.59 Å². The quantitative estimate of drug-likeness (QED) is 0.728. The molecule has 0 spiro atoms. The maximum atomic E-state index is 12.6. The van der Waals surface area contributed by atoms with E-state index in [0.717, 1.165) is 33.8 Å². The predicted octanol–water partition coefficient (Wildman–Crippen LogP) is 3.93. The summed E-state index contributed by atoms with van der Waals surface area (Å²) in [6.07, 6.45) is 2.05. The lowest BCUT2D eigenvalue weighted by Crippen LogP contribution is -2.50. The van der Waals surface area contributed by atoms with E-state index in [4.69, 9.17) is 11.6 Å². The van der Waals surface area contributed by atoms with E-state index in [1.165, 1.54) is 0 Å². The lowest BCUT2D eigenvalue weighted by atomic mass is 10.1. The molecule has 6 heteroatoms. The van der Waals surface area contributed by atoms with Gasteiger partial charge in [-0.05, 0) is 48.6 Å². The molecule has 1 N–H and O–H groups in total. The van der Waals surface area contributed by atoms with E-state index in [0.29, 0.717) is 45.6 Å². The maximum absolute atomic E-state index is 12.6. The van der Waals surface area contributed by atoms with E-state index in [1.807, 2.05) is 54.3 Å². The van der Waals surface area contributed by atoms with Crippen LogP contribution in [0.5, 0.6) is 0 Å². The van der Waals surface area contributed by atoms with Crippen LogP contribution in [0.1, 0.15) is 30.0 Å². The van der Waals surface area contributed by atoms with Gasteiger partial charge in [-0.1, -0.05) is 48.9 Å². The number of hydrogen-bond acceptors (Lipinski definition) is 3. The van der Waals surface area contributed by atoms with Crippen LogP contribution >= 0.6 is 11.6 Å². The molecule has 0 unspecified atom stereocenters. The smallest absolute Gasteiger partial charge is 0.238 e. The first-order valence-corrected chi connectivity index (χ1v) is 11.0. The van der Waals surface area contributed by atoms with Gasteiger partial charge in [-0.3, -0.25) is 14.5 Å². The predicted molar refractivity (Wildman–Crippen MR) is 122 cm³/mol. The molecule has 0 aromatic heterocycles. The number of carbonyl (C=O) groups excluding carboxylic acids is 2. The Morgan fingerprint density at radius 3 is 2.50 bits per heavy atom. The molecule has 1 fully saturated rings. The van der Waals surface area contributed by atoms with E-state index < -0.39 is 0 Å². The molecule has 1 saturated heterocycles. The van der Waals surface area contributed by atoms with Gasteiger partial charge in [-0.15, -0.1) is 0 Å². The molecule has 1 aliphatic rings. The van der Waals surface area contributed by atoms with Crippen molar-refractivity contribution in [3.63, 3.8) is 0 Å². The molecule has 1 heterocycles. The standard InChI is InChI=1S/C24H30ClN3O2/c1-3-20-6-4-5-7-22(20)26-23(29)17-27-12-14-28(15-13-27)24(30)11-10-19-9-8-18(2)21(25)16-19/h4-9,16H,3,10-15,17H2,1-2H3,(H,26,29). The number of amides is 2. The van der Waals surface area contributed by atoms with Crippen LogP contribution in [0.25, 0.3) is 0 Å². The van der Waals surface area contributed by atoms with Gasteiger partial charge in [-0.2, -0.15) is 0 Å². The number of rotatable bonds is 7. The fourth-order valence-electron chi connectivity index (χ4n) is 3.70. The number of para-hydroxylation sites is 1. The number of nitrogens with one attached hydrogen (secondary N) is 1. The van der Waals surface area contributed by atoms with Crippen LogP contribution in [-0.2, 0) is 22.4 Å². The number of halogens is 1. The molecule has 0 radical (unpaired) electrons. The minimum Gasteiger partial charge on any atom is -0.340 e. The summed E-state index contributed by atoms with van der Waals surface area (Å²) in [5.41, 5.74) is 4.15. The molecule has 2 aromatic rings. The number of hydrogen-bond donors (Lipinski definition) is 1. The van der Waals surface area contributed by atoms with Crippen molar-refractivity contribution in [2.24, 2.45) is 0 Å². The highest BCUT2D eigenvalue weighted by atomic mass is 35.5. The summed E-state index contributed by atoms with van der Waals surface area (Å²) in [4.78, 5) is 29.0. The lowest BCUT2D eigenvalue weighted by molar-refractivity contribution is -0.133. The van der Waals surface area contributed by atoms with Gasteiger partial charge in [0.2, 0.25) is 11.8 Å². The summed E-state index contributed by atoms with van der Waals surface area (Å²) in [7, 11) is 0. The van der Waals surface area contributed by atoms with E-state index in [-0.39, 0.29) is 11.8 Å². The SMILES string of the molecule is CCc1ccccc1NC(=O)CN1CCN(C(=O)CCc2ccc(C)c(Cl)c2)CC1. The van der Waals surface area contributed by atoms with Crippen molar-refractivity contribution in [2.75, 3.05) is 38.0 Å². The van der Waals surface area contributed by atoms with Gasteiger partial charge in [-0.25, -0.2) is 0 Å². The van der Waals surface area contributed by atoms with Gasteiger partial charge in [0.25, 0.3) is 0 Å². The van der Waals surface area contributed by atoms with E-state index in [1.54, 1.807) is 0 Å². The van der Waals surface area contributed by atoms with Gasteiger partial charge in [0.05, 0.1) is 6.54 Å². The normalized spacial score (nSPS) is 14.6. The van der Waals surface area contributed by atoms with Crippen LogP contribution < -0.4 is 5.32 Å². The zero-order valence-electron chi connectivity index (χ0n) is 17.8. The Balaban J connectivity index is 1.42. The van der Waals surface area contributed by atoms with Crippen molar-refractivity contribution in [1.82, 2.24) is 9.80 Å².